The molecule has 0 fully saturated rings. The quantitative estimate of drug-likeness (QED) is 0.600. The average Bonchev–Trinajstić information content (AvgIpc) is 2.61. The molecule has 1 atom stereocenters. The molecule has 2 aliphatic rings. The zero-order valence-electron chi connectivity index (χ0n) is 17.9. The van der Waals surface area contributed by atoms with Gasteiger partial charge in [0.25, 0.3) is 0 Å². The van der Waals surface area contributed by atoms with Crippen LogP contribution in [0.4, 0.5) is 5.69 Å². The van der Waals surface area contributed by atoms with Crippen molar-refractivity contribution in [3.63, 3.8) is 0 Å². The van der Waals surface area contributed by atoms with E-state index in [1.807, 2.05) is 6.92 Å². The summed E-state index contributed by atoms with van der Waals surface area (Å²) >= 11 is 0. The van der Waals surface area contributed by atoms with Gasteiger partial charge in [0.15, 0.2) is 0 Å². The standard InChI is InChI=1S/C25H29NO2/c1-8-9-19-21-17(10-11-18-20(21)16(4)13-25(5,6)26-18)22-23(27-7)14(2)12-15(3)24(22)28-19/h8-13,19,26H,1-7H3. The predicted molar refractivity (Wildman–Crippen MR) is 117 cm³/mol. The number of methoxy groups -OCH3 is 1. The fraction of sp³-hybridized carbons (Fsp3) is 0.360. The molecule has 0 saturated carbocycles. The summed E-state index contributed by atoms with van der Waals surface area (Å²) in [6.45, 7) is 12.8. The lowest BCUT2D eigenvalue weighted by Gasteiger charge is -2.37. The van der Waals surface area contributed by atoms with Gasteiger partial charge in [0.05, 0.1) is 18.2 Å². The molecule has 0 spiro atoms. The van der Waals surface area contributed by atoms with Crippen molar-refractivity contribution in [3.05, 3.63) is 58.7 Å². The maximum Gasteiger partial charge on any atom is 0.143 e. The van der Waals surface area contributed by atoms with Crippen molar-refractivity contribution >= 4 is 11.3 Å². The molecular weight excluding hydrogens is 346 g/mol. The number of hydrogen-bond acceptors (Lipinski definition) is 3. The van der Waals surface area contributed by atoms with Crippen molar-refractivity contribution in [3.8, 4) is 22.6 Å². The van der Waals surface area contributed by atoms with Gasteiger partial charge in [0, 0.05) is 16.8 Å². The Bertz CT molecular complexity index is 1030. The molecule has 2 aliphatic heterocycles. The van der Waals surface area contributed by atoms with Crippen LogP contribution in [-0.2, 0) is 0 Å². The van der Waals surface area contributed by atoms with E-state index >= 15 is 0 Å². The summed E-state index contributed by atoms with van der Waals surface area (Å²) in [5, 5.41) is 3.67. The zero-order valence-corrected chi connectivity index (χ0v) is 17.9. The van der Waals surface area contributed by atoms with E-state index in [-0.39, 0.29) is 11.6 Å². The van der Waals surface area contributed by atoms with Gasteiger partial charge in [0.2, 0.25) is 0 Å². The second-order valence-electron chi connectivity index (χ2n) is 8.44. The number of ether oxygens (including phenoxy) is 2. The van der Waals surface area contributed by atoms with Crippen LogP contribution in [-0.4, -0.2) is 12.6 Å². The molecule has 0 saturated heterocycles. The summed E-state index contributed by atoms with van der Waals surface area (Å²) in [7, 11) is 1.74. The molecule has 28 heavy (non-hydrogen) atoms. The minimum atomic E-state index is -0.125. The van der Waals surface area contributed by atoms with E-state index in [9.17, 15) is 0 Å². The van der Waals surface area contributed by atoms with E-state index in [2.05, 4.69) is 76.4 Å². The number of anilines is 1. The van der Waals surface area contributed by atoms with Crippen molar-refractivity contribution < 1.29 is 9.47 Å². The van der Waals surface area contributed by atoms with Gasteiger partial charge in [-0.3, -0.25) is 0 Å². The molecule has 2 aromatic carbocycles. The molecule has 0 aromatic heterocycles. The van der Waals surface area contributed by atoms with Gasteiger partial charge < -0.3 is 14.8 Å². The van der Waals surface area contributed by atoms with Gasteiger partial charge in [-0.05, 0) is 82.0 Å². The summed E-state index contributed by atoms with van der Waals surface area (Å²) in [6.07, 6.45) is 6.39. The van der Waals surface area contributed by atoms with E-state index < -0.39 is 0 Å². The van der Waals surface area contributed by atoms with E-state index in [0.29, 0.717) is 0 Å². The van der Waals surface area contributed by atoms with Crippen molar-refractivity contribution in [1.29, 1.82) is 0 Å². The Morgan fingerprint density at radius 2 is 1.86 bits per heavy atom. The van der Waals surface area contributed by atoms with Crippen LogP contribution in [0.1, 0.15) is 56.1 Å². The summed E-state index contributed by atoms with van der Waals surface area (Å²) in [5.74, 6) is 1.81. The number of allylic oxidation sites excluding steroid dienone is 2. The maximum absolute atomic E-state index is 6.57. The van der Waals surface area contributed by atoms with Crippen LogP contribution in [0.5, 0.6) is 11.5 Å². The van der Waals surface area contributed by atoms with Gasteiger partial charge >= 0.3 is 0 Å². The minimum absolute atomic E-state index is 0.0697. The first-order valence-electron chi connectivity index (χ1n) is 9.90. The van der Waals surface area contributed by atoms with Crippen LogP contribution in [0, 0.1) is 13.8 Å². The Hall–Kier alpha value is -2.68. The van der Waals surface area contributed by atoms with Crippen LogP contribution >= 0.6 is 0 Å². The normalized spacial score (nSPS) is 19.1. The van der Waals surface area contributed by atoms with E-state index in [0.717, 1.165) is 33.9 Å². The summed E-state index contributed by atoms with van der Waals surface area (Å²) in [5.41, 5.74) is 9.35. The minimum Gasteiger partial charge on any atom is -0.496 e. The average molecular weight is 376 g/mol. The van der Waals surface area contributed by atoms with E-state index in [1.165, 1.54) is 22.3 Å². The summed E-state index contributed by atoms with van der Waals surface area (Å²) in [6, 6.07) is 6.56. The molecule has 0 bridgehead atoms. The number of fused-ring (bicyclic) bond motifs is 5. The Balaban J connectivity index is 2.09. The zero-order chi connectivity index (χ0) is 20.2. The first kappa shape index (κ1) is 18.7. The monoisotopic (exact) mass is 375 g/mol. The number of nitrogens with one attached hydrogen (secondary N) is 1. The van der Waals surface area contributed by atoms with Gasteiger partial charge in [-0.25, -0.2) is 0 Å². The Kier molecular flexibility index (Phi) is 4.29. The predicted octanol–water partition coefficient (Wildman–Crippen LogP) is 6.60. The van der Waals surface area contributed by atoms with Crippen molar-refractivity contribution in [2.75, 3.05) is 12.4 Å². The molecule has 146 valence electrons. The van der Waals surface area contributed by atoms with Crippen molar-refractivity contribution in [2.45, 2.75) is 53.2 Å². The van der Waals surface area contributed by atoms with Crippen LogP contribution in [0.25, 0.3) is 16.7 Å². The second kappa shape index (κ2) is 6.44. The smallest absolute Gasteiger partial charge is 0.143 e. The molecule has 0 radical (unpaired) electrons. The van der Waals surface area contributed by atoms with Crippen LogP contribution in [0.15, 0.2) is 36.4 Å². The topological polar surface area (TPSA) is 30.5 Å². The Labute approximate surface area is 168 Å². The number of aryl methyl sites for hydroxylation is 2. The highest BCUT2D eigenvalue weighted by molar-refractivity contribution is 5.92. The van der Waals surface area contributed by atoms with Crippen molar-refractivity contribution in [2.24, 2.45) is 0 Å². The van der Waals surface area contributed by atoms with Crippen LogP contribution in [0.2, 0.25) is 0 Å². The highest BCUT2D eigenvalue weighted by atomic mass is 16.5. The van der Waals surface area contributed by atoms with Gasteiger partial charge in [-0.1, -0.05) is 18.2 Å². The largest absolute Gasteiger partial charge is 0.496 e. The molecule has 2 heterocycles. The van der Waals surface area contributed by atoms with Crippen LogP contribution in [0.3, 0.4) is 0 Å². The van der Waals surface area contributed by atoms with Crippen molar-refractivity contribution in [1.82, 2.24) is 0 Å². The third-order valence-corrected chi connectivity index (χ3v) is 5.65. The van der Waals surface area contributed by atoms with E-state index in [1.54, 1.807) is 7.11 Å². The number of hydrogen-bond donors (Lipinski definition) is 1. The lowest BCUT2D eigenvalue weighted by atomic mass is 9.81. The first-order chi connectivity index (χ1) is 13.3. The molecule has 3 nitrogen and oxygen atoms in total. The highest BCUT2D eigenvalue weighted by Gasteiger charge is 2.35. The molecular formula is C25H29NO2. The fourth-order valence-corrected chi connectivity index (χ4v) is 4.77. The summed E-state index contributed by atoms with van der Waals surface area (Å²) < 4.78 is 12.4. The first-order valence-corrected chi connectivity index (χ1v) is 9.90. The van der Waals surface area contributed by atoms with Gasteiger partial charge in [-0.15, -0.1) is 0 Å². The third-order valence-electron chi connectivity index (χ3n) is 5.65. The highest BCUT2D eigenvalue weighted by Crippen LogP contribution is 2.54. The molecule has 0 amide bonds. The third kappa shape index (κ3) is 2.72. The SMILES string of the molecule is CC=CC1Oc2c(C)cc(C)c(OC)c2-c2ccc3c(c21)C(C)=CC(C)(C)N3. The van der Waals surface area contributed by atoms with Gasteiger partial charge in [0.1, 0.15) is 17.6 Å². The second-order valence-corrected chi connectivity index (χ2v) is 8.44. The van der Waals surface area contributed by atoms with Crippen LogP contribution < -0.4 is 14.8 Å². The van der Waals surface area contributed by atoms with Gasteiger partial charge in [-0.2, -0.15) is 0 Å². The Morgan fingerprint density at radius 1 is 1.11 bits per heavy atom. The Morgan fingerprint density at radius 3 is 2.54 bits per heavy atom. The molecule has 2 aromatic rings. The number of benzene rings is 2. The fourth-order valence-electron chi connectivity index (χ4n) is 4.77. The number of rotatable bonds is 2. The molecule has 1 unspecified atom stereocenters. The summed E-state index contributed by atoms with van der Waals surface area (Å²) in [4.78, 5) is 0. The lowest BCUT2D eigenvalue weighted by Crippen LogP contribution is -2.32. The maximum atomic E-state index is 6.57. The molecule has 4 rings (SSSR count). The molecule has 0 aliphatic carbocycles. The van der Waals surface area contributed by atoms with E-state index in [4.69, 9.17) is 9.47 Å². The molecule has 1 N–H and O–H groups in total. The molecule has 3 heteroatoms. The lowest BCUT2D eigenvalue weighted by molar-refractivity contribution is 0.247.